The van der Waals surface area contributed by atoms with Gasteiger partial charge in [0, 0.05) is 49.6 Å². The molecular formula is C18H18N6O2S. The highest BCUT2D eigenvalue weighted by Crippen LogP contribution is 2.25. The molecule has 0 saturated heterocycles. The Hall–Kier alpha value is -3.07. The van der Waals surface area contributed by atoms with E-state index in [1.54, 1.807) is 10.3 Å². The van der Waals surface area contributed by atoms with Crippen LogP contribution in [0.1, 0.15) is 23.2 Å². The monoisotopic (exact) mass is 382 g/mol. The van der Waals surface area contributed by atoms with Crippen molar-refractivity contribution in [3.63, 3.8) is 0 Å². The summed E-state index contributed by atoms with van der Waals surface area (Å²) in [6.45, 7) is 3.32. The van der Waals surface area contributed by atoms with Gasteiger partial charge in [-0.05, 0) is 23.7 Å². The van der Waals surface area contributed by atoms with Crippen LogP contribution in [0.4, 0.5) is 5.69 Å². The number of hydrogen-bond acceptors (Lipinski definition) is 6. The van der Waals surface area contributed by atoms with E-state index < -0.39 is 0 Å². The molecule has 0 saturated carbocycles. The second-order valence-electron chi connectivity index (χ2n) is 6.31. The Morgan fingerprint density at radius 1 is 1.22 bits per heavy atom. The van der Waals surface area contributed by atoms with Gasteiger partial charge in [-0.1, -0.05) is 16.6 Å². The van der Waals surface area contributed by atoms with Crippen LogP contribution < -0.4 is 5.32 Å². The molecule has 0 fully saturated rings. The van der Waals surface area contributed by atoms with Gasteiger partial charge in [-0.3, -0.25) is 9.59 Å². The molecule has 0 unspecified atom stereocenters. The first kappa shape index (κ1) is 17.3. The van der Waals surface area contributed by atoms with E-state index in [0.29, 0.717) is 31.7 Å². The van der Waals surface area contributed by atoms with Gasteiger partial charge < -0.3 is 14.8 Å². The van der Waals surface area contributed by atoms with E-state index in [0.717, 1.165) is 22.8 Å². The lowest BCUT2D eigenvalue weighted by Gasteiger charge is -2.18. The number of fused-ring (bicyclic) bond motifs is 1. The standard InChI is InChI=1S/C18H18N6O2S/c1-12(25)20-14-4-2-3-13(9-14)16-10-19-17-5-6-23(7-8-24(16)17)18(26)15-11-27-22-21-15/h2-4,9-11H,5-8H2,1H3,(H,20,25). The van der Waals surface area contributed by atoms with Crippen LogP contribution in [0.3, 0.4) is 0 Å². The molecule has 0 atom stereocenters. The van der Waals surface area contributed by atoms with E-state index in [4.69, 9.17) is 0 Å². The summed E-state index contributed by atoms with van der Waals surface area (Å²) < 4.78 is 5.91. The van der Waals surface area contributed by atoms with Gasteiger partial charge in [-0.15, -0.1) is 5.10 Å². The minimum atomic E-state index is -0.107. The smallest absolute Gasteiger partial charge is 0.275 e. The molecule has 0 bridgehead atoms. The van der Waals surface area contributed by atoms with Gasteiger partial charge in [0.05, 0.1) is 11.9 Å². The van der Waals surface area contributed by atoms with Gasteiger partial charge >= 0.3 is 0 Å². The van der Waals surface area contributed by atoms with E-state index in [2.05, 4.69) is 24.5 Å². The summed E-state index contributed by atoms with van der Waals surface area (Å²) >= 11 is 1.18. The van der Waals surface area contributed by atoms with Crippen LogP contribution in [-0.4, -0.2) is 48.9 Å². The number of nitrogens with one attached hydrogen (secondary N) is 1. The zero-order valence-corrected chi connectivity index (χ0v) is 15.6. The SMILES string of the molecule is CC(=O)Nc1cccc(-c2cnc3n2CCN(C(=O)c2csnn2)CC3)c1. The summed E-state index contributed by atoms with van der Waals surface area (Å²) in [4.78, 5) is 30.2. The Bertz CT molecular complexity index is 982. The van der Waals surface area contributed by atoms with Gasteiger partial charge in [0.1, 0.15) is 5.82 Å². The number of nitrogens with zero attached hydrogens (tertiary/aromatic N) is 5. The predicted octanol–water partition coefficient (Wildman–Crippen LogP) is 2.06. The number of hydrogen-bond donors (Lipinski definition) is 1. The quantitative estimate of drug-likeness (QED) is 0.748. The minimum Gasteiger partial charge on any atom is -0.335 e. The maximum atomic E-state index is 12.5. The first-order valence-corrected chi connectivity index (χ1v) is 9.44. The number of anilines is 1. The Morgan fingerprint density at radius 3 is 2.89 bits per heavy atom. The van der Waals surface area contributed by atoms with E-state index >= 15 is 0 Å². The molecule has 1 N–H and O–H groups in total. The number of amides is 2. The third-order valence-corrected chi connectivity index (χ3v) is 4.99. The lowest BCUT2D eigenvalue weighted by atomic mass is 10.1. The van der Waals surface area contributed by atoms with Gasteiger partial charge in [0.15, 0.2) is 5.69 Å². The van der Waals surface area contributed by atoms with Crippen molar-refractivity contribution in [2.75, 3.05) is 18.4 Å². The van der Waals surface area contributed by atoms with Crippen molar-refractivity contribution in [3.8, 4) is 11.3 Å². The van der Waals surface area contributed by atoms with Crippen LogP contribution in [-0.2, 0) is 17.8 Å². The highest BCUT2D eigenvalue weighted by molar-refractivity contribution is 7.03. The summed E-state index contributed by atoms with van der Waals surface area (Å²) in [5, 5.41) is 8.35. The molecule has 8 nitrogen and oxygen atoms in total. The molecule has 27 heavy (non-hydrogen) atoms. The normalized spacial score (nSPS) is 13.7. The number of aromatic nitrogens is 4. The largest absolute Gasteiger partial charge is 0.335 e. The van der Waals surface area contributed by atoms with Crippen LogP contribution in [0.15, 0.2) is 35.8 Å². The molecular weight excluding hydrogens is 364 g/mol. The second-order valence-corrected chi connectivity index (χ2v) is 6.92. The van der Waals surface area contributed by atoms with Crippen molar-refractivity contribution < 1.29 is 9.59 Å². The molecule has 138 valence electrons. The first-order valence-electron chi connectivity index (χ1n) is 8.60. The van der Waals surface area contributed by atoms with Crippen LogP contribution in [0, 0.1) is 0 Å². The molecule has 0 radical (unpaired) electrons. The molecule has 0 spiro atoms. The lowest BCUT2D eigenvalue weighted by molar-refractivity contribution is -0.114. The van der Waals surface area contributed by atoms with Crippen LogP contribution >= 0.6 is 11.5 Å². The van der Waals surface area contributed by atoms with Crippen molar-refractivity contribution in [2.24, 2.45) is 0 Å². The van der Waals surface area contributed by atoms with E-state index in [-0.39, 0.29) is 11.8 Å². The lowest BCUT2D eigenvalue weighted by Crippen LogP contribution is -2.33. The summed E-state index contributed by atoms with van der Waals surface area (Å²) in [5.41, 5.74) is 3.09. The van der Waals surface area contributed by atoms with Crippen molar-refractivity contribution in [1.82, 2.24) is 24.0 Å². The summed E-state index contributed by atoms with van der Waals surface area (Å²) in [6, 6.07) is 7.68. The summed E-state index contributed by atoms with van der Waals surface area (Å²) in [7, 11) is 0. The van der Waals surface area contributed by atoms with Crippen molar-refractivity contribution >= 4 is 29.0 Å². The van der Waals surface area contributed by atoms with Gasteiger partial charge in [0.2, 0.25) is 5.91 Å². The molecule has 1 aromatic carbocycles. The Kier molecular flexibility index (Phi) is 4.68. The van der Waals surface area contributed by atoms with Crippen LogP contribution in [0.25, 0.3) is 11.3 Å². The fourth-order valence-corrected chi connectivity index (χ4v) is 3.67. The third kappa shape index (κ3) is 3.59. The zero-order valence-electron chi connectivity index (χ0n) is 14.8. The van der Waals surface area contributed by atoms with Gasteiger partial charge in [-0.2, -0.15) is 0 Å². The predicted molar refractivity (Wildman–Crippen MR) is 101 cm³/mol. The van der Waals surface area contributed by atoms with Gasteiger partial charge in [0.25, 0.3) is 5.91 Å². The maximum absolute atomic E-state index is 12.5. The average Bonchev–Trinajstić information content (AvgIpc) is 3.27. The fourth-order valence-electron chi connectivity index (χ4n) is 3.24. The second kappa shape index (κ2) is 7.28. The zero-order chi connectivity index (χ0) is 18.8. The molecule has 2 amide bonds. The summed E-state index contributed by atoms with van der Waals surface area (Å²) in [6.07, 6.45) is 2.53. The molecule has 4 rings (SSSR count). The van der Waals surface area contributed by atoms with E-state index in [9.17, 15) is 9.59 Å². The third-order valence-electron chi connectivity index (χ3n) is 4.48. The van der Waals surface area contributed by atoms with E-state index in [1.807, 2.05) is 30.5 Å². The van der Waals surface area contributed by atoms with Crippen LogP contribution in [0.2, 0.25) is 0 Å². The molecule has 1 aliphatic heterocycles. The number of carbonyl (C=O) groups is 2. The number of imidazole rings is 1. The van der Waals surface area contributed by atoms with Crippen LogP contribution in [0.5, 0.6) is 0 Å². The number of benzene rings is 1. The average molecular weight is 382 g/mol. The molecule has 9 heteroatoms. The molecule has 2 aromatic heterocycles. The fraction of sp³-hybridized carbons (Fsp3) is 0.278. The molecule has 3 aromatic rings. The van der Waals surface area contributed by atoms with E-state index in [1.165, 1.54) is 18.5 Å². The first-order chi connectivity index (χ1) is 13.1. The highest BCUT2D eigenvalue weighted by Gasteiger charge is 2.23. The Balaban J connectivity index is 1.57. The Morgan fingerprint density at radius 2 is 2.11 bits per heavy atom. The highest BCUT2D eigenvalue weighted by atomic mass is 32.1. The van der Waals surface area contributed by atoms with Crippen molar-refractivity contribution in [3.05, 3.63) is 47.4 Å². The summed E-state index contributed by atoms with van der Waals surface area (Å²) in [5.74, 6) is 0.746. The van der Waals surface area contributed by atoms with Crippen molar-refractivity contribution in [1.29, 1.82) is 0 Å². The molecule has 0 aliphatic carbocycles. The Labute approximate surface area is 160 Å². The van der Waals surface area contributed by atoms with Gasteiger partial charge in [-0.25, -0.2) is 4.98 Å². The number of carbonyl (C=O) groups excluding carboxylic acids is 2. The molecule has 3 heterocycles. The minimum absolute atomic E-state index is 0.0938. The number of rotatable bonds is 3. The maximum Gasteiger partial charge on any atom is 0.275 e. The molecule has 1 aliphatic rings. The topological polar surface area (TPSA) is 93.0 Å². The van der Waals surface area contributed by atoms with Crippen molar-refractivity contribution in [2.45, 2.75) is 19.9 Å².